The Labute approximate surface area is 84.2 Å². The Morgan fingerprint density at radius 3 is 2.57 bits per heavy atom. The third-order valence-corrected chi connectivity index (χ3v) is 1.84. The zero-order valence-corrected chi connectivity index (χ0v) is 8.64. The molecule has 0 aliphatic heterocycles. The highest BCUT2D eigenvalue weighted by atomic mass is 16.5. The summed E-state index contributed by atoms with van der Waals surface area (Å²) >= 11 is 0. The number of carbonyl (C=O) groups excluding carboxylic acids is 1. The second kappa shape index (κ2) is 7.53. The first-order chi connectivity index (χ1) is 6.67. The summed E-state index contributed by atoms with van der Waals surface area (Å²) in [6, 6.07) is 0. The summed E-state index contributed by atoms with van der Waals surface area (Å²) in [6.07, 6.45) is 2.63. The fourth-order valence-electron chi connectivity index (χ4n) is 1.06. The average molecular weight is 202 g/mol. The molecule has 14 heavy (non-hydrogen) atoms. The van der Waals surface area contributed by atoms with Crippen molar-refractivity contribution in [2.75, 3.05) is 13.2 Å². The number of aliphatic hydroxyl groups excluding tert-OH is 2. The van der Waals surface area contributed by atoms with E-state index in [1.54, 1.807) is 13.8 Å². The predicted molar refractivity (Wildman–Crippen MR) is 52.6 cm³/mol. The van der Waals surface area contributed by atoms with Gasteiger partial charge in [0.2, 0.25) is 0 Å². The van der Waals surface area contributed by atoms with Crippen LogP contribution in [0.1, 0.15) is 20.3 Å². The second-order valence-corrected chi connectivity index (χ2v) is 2.86. The fourth-order valence-corrected chi connectivity index (χ4v) is 1.06. The van der Waals surface area contributed by atoms with Crippen LogP contribution in [0.15, 0.2) is 12.2 Å². The summed E-state index contributed by atoms with van der Waals surface area (Å²) in [5.41, 5.74) is 0. The molecule has 0 aromatic rings. The largest absolute Gasteiger partial charge is 0.465 e. The molecule has 4 nitrogen and oxygen atoms in total. The van der Waals surface area contributed by atoms with Gasteiger partial charge in [-0.25, -0.2) is 0 Å². The molecule has 0 spiro atoms. The van der Waals surface area contributed by atoms with Crippen LogP contribution in [0.5, 0.6) is 0 Å². The van der Waals surface area contributed by atoms with Crippen LogP contribution in [-0.2, 0) is 9.53 Å². The highest BCUT2D eigenvalue weighted by Gasteiger charge is 2.23. The van der Waals surface area contributed by atoms with Crippen LogP contribution in [0.4, 0.5) is 0 Å². The van der Waals surface area contributed by atoms with E-state index in [0.29, 0.717) is 13.0 Å². The number of hydrogen-bond donors (Lipinski definition) is 2. The van der Waals surface area contributed by atoms with Gasteiger partial charge >= 0.3 is 5.97 Å². The maximum absolute atomic E-state index is 11.3. The maximum atomic E-state index is 11.3. The van der Waals surface area contributed by atoms with Gasteiger partial charge in [0, 0.05) is 0 Å². The zero-order valence-electron chi connectivity index (χ0n) is 8.64. The Kier molecular flexibility index (Phi) is 7.06. The van der Waals surface area contributed by atoms with Crippen LogP contribution in [-0.4, -0.2) is 35.5 Å². The molecule has 2 N–H and O–H groups in total. The Bertz CT molecular complexity index is 189. The predicted octanol–water partition coefficient (Wildman–Crippen LogP) is 0.485. The smallest absolute Gasteiger partial charge is 0.315 e. The van der Waals surface area contributed by atoms with Gasteiger partial charge in [0.05, 0.1) is 19.3 Å². The number of rotatable bonds is 6. The molecular formula is C10H18O4. The molecule has 2 atom stereocenters. The molecule has 0 fully saturated rings. The monoisotopic (exact) mass is 202 g/mol. The van der Waals surface area contributed by atoms with Gasteiger partial charge in [-0.1, -0.05) is 19.1 Å². The molecule has 0 saturated carbocycles. The Hall–Kier alpha value is -0.870. The summed E-state index contributed by atoms with van der Waals surface area (Å²) in [7, 11) is 0. The number of carbonyl (C=O) groups is 1. The van der Waals surface area contributed by atoms with E-state index in [9.17, 15) is 9.90 Å². The fraction of sp³-hybridized carbons (Fsp3) is 0.700. The summed E-state index contributed by atoms with van der Waals surface area (Å²) in [5.74, 6) is -1.13. The third kappa shape index (κ3) is 4.39. The van der Waals surface area contributed by atoms with E-state index in [1.807, 2.05) is 0 Å². The van der Waals surface area contributed by atoms with E-state index in [4.69, 9.17) is 9.84 Å². The molecule has 0 bridgehead atoms. The van der Waals surface area contributed by atoms with Crippen molar-refractivity contribution in [3.05, 3.63) is 12.2 Å². The van der Waals surface area contributed by atoms with Crippen LogP contribution >= 0.6 is 0 Å². The van der Waals surface area contributed by atoms with Gasteiger partial charge < -0.3 is 14.9 Å². The molecule has 0 amide bonds. The average Bonchev–Trinajstić information content (AvgIpc) is 2.18. The third-order valence-electron chi connectivity index (χ3n) is 1.84. The van der Waals surface area contributed by atoms with Gasteiger partial charge in [-0.15, -0.1) is 0 Å². The number of aliphatic hydroxyl groups is 2. The minimum absolute atomic E-state index is 0.146. The SMILES string of the molecule is CCOC(=O)[C@@H](/C=C/CO)[C@H](O)CC. The lowest BCUT2D eigenvalue weighted by Crippen LogP contribution is -2.28. The number of hydrogen-bond acceptors (Lipinski definition) is 4. The molecule has 4 heteroatoms. The van der Waals surface area contributed by atoms with Crippen molar-refractivity contribution in [2.45, 2.75) is 26.4 Å². The van der Waals surface area contributed by atoms with Crippen LogP contribution in [0, 0.1) is 5.92 Å². The van der Waals surface area contributed by atoms with Crippen molar-refractivity contribution in [3.63, 3.8) is 0 Å². The first-order valence-corrected chi connectivity index (χ1v) is 4.79. The lowest BCUT2D eigenvalue weighted by molar-refractivity contribution is -0.149. The minimum atomic E-state index is -0.753. The summed E-state index contributed by atoms with van der Waals surface area (Å²) in [6.45, 7) is 3.64. The van der Waals surface area contributed by atoms with Crippen molar-refractivity contribution >= 4 is 5.97 Å². The lowest BCUT2D eigenvalue weighted by Gasteiger charge is -2.16. The van der Waals surface area contributed by atoms with Gasteiger partial charge in [-0.2, -0.15) is 0 Å². The van der Waals surface area contributed by atoms with E-state index in [1.165, 1.54) is 12.2 Å². The van der Waals surface area contributed by atoms with E-state index in [2.05, 4.69) is 0 Å². The van der Waals surface area contributed by atoms with E-state index in [0.717, 1.165) is 0 Å². The van der Waals surface area contributed by atoms with Gasteiger partial charge in [-0.3, -0.25) is 4.79 Å². The Balaban J connectivity index is 4.37. The molecular weight excluding hydrogens is 184 g/mol. The summed E-state index contributed by atoms with van der Waals surface area (Å²) in [4.78, 5) is 11.3. The molecule has 0 heterocycles. The lowest BCUT2D eigenvalue weighted by atomic mass is 10.00. The number of esters is 1. The maximum Gasteiger partial charge on any atom is 0.315 e. The molecule has 0 rings (SSSR count). The normalized spacial score (nSPS) is 15.4. The quantitative estimate of drug-likeness (QED) is 0.486. The Morgan fingerprint density at radius 2 is 2.14 bits per heavy atom. The molecule has 0 unspecified atom stereocenters. The highest BCUT2D eigenvalue weighted by molar-refractivity contribution is 5.75. The first-order valence-electron chi connectivity index (χ1n) is 4.79. The highest BCUT2D eigenvalue weighted by Crippen LogP contribution is 2.11. The molecule has 0 radical (unpaired) electrons. The van der Waals surface area contributed by atoms with Crippen LogP contribution in [0.2, 0.25) is 0 Å². The molecule has 0 saturated heterocycles. The first kappa shape index (κ1) is 13.1. The summed E-state index contributed by atoms with van der Waals surface area (Å²) in [5, 5.41) is 18.1. The van der Waals surface area contributed by atoms with E-state index in [-0.39, 0.29) is 6.61 Å². The molecule has 82 valence electrons. The molecule has 0 aliphatic carbocycles. The minimum Gasteiger partial charge on any atom is -0.465 e. The zero-order chi connectivity index (χ0) is 11.0. The van der Waals surface area contributed by atoms with Crippen LogP contribution < -0.4 is 0 Å². The second-order valence-electron chi connectivity index (χ2n) is 2.86. The van der Waals surface area contributed by atoms with E-state index < -0.39 is 18.0 Å². The molecule has 0 aromatic heterocycles. The van der Waals surface area contributed by atoms with Gasteiger partial charge in [0.15, 0.2) is 0 Å². The van der Waals surface area contributed by atoms with Gasteiger partial charge in [0.1, 0.15) is 5.92 Å². The van der Waals surface area contributed by atoms with Crippen molar-refractivity contribution < 1.29 is 19.7 Å². The summed E-state index contributed by atoms with van der Waals surface area (Å²) < 4.78 is 4.79. The molecule has 0 aromatic carbocycles. The van der Waals surface area contributed by atoms with Gasteiger partial charge in [-0.05, 0) is 13.3 Å². The number of ether oxygens (including phenoxy) is 1. The van der Waals surface area contributed by atoms with Crippen molar-refractivity contribution in [2.24, 2.45) is 5.92 Å². The van der Waals surface area contributed by atoms with Gasteiger partial charge in [0.25, 0.3) is 0 Å². The van der Waals surface area contributed by atoms with Crippen molar-refractivity contribution in [1.82, 2.24) is 0 Å². The van der Waals surface area contributed by atoms with Crippen LogP contribution in [0.25, 0.3) is 0 Å². The van der Waals surface area contributed by atoms with Crippen LogP contribution in [0.3, 0.4) is 0 Å². The van der Waals surface area contributed by atoms with E-state index >= 15 is 0 Å². The Morgan fingerprint density at radius 1 is 1.50 bits per heavy atom. The standard InChI is InChI=1S/C10H18O4/c1-3-9(12)8(6-5-7-11)10(13)14-4-2/h5-6,8-9,11-12H,3-4,7H2,1-2H3/b6-5+/t8-,9+/m0/s1. The molecule has 0 aliphatic rings. The van der Waals surface area contributed by atoms with Crippen molar-refractivity contribution in [3.8, 4) is 0 Å². The topological polar surface area (TPSA) is 66.8 Å². The van der Waals surface area contributed by atoms with Crippen molar-refractivity contribution in [1.29, 1.82) is 0 Å².